The molecular formula is C13H11BO3S. The number of fused-ring (bicyclic) bond motifs is 3. The molecule has 1 heterocycles. The van der Waals surface area contributed by atoms with Crippen molar-refractivity contribution in [2.45, 2.75) is 9.79 Å². The van der Waals surface area contributed by atoms with Gasteiger partial charge in [0.2, 0.25) is 0 Å². The molecular weight excluding hydrogens is 247 g/mol. The quantitative estimate of drug-likeness (QED) is 0.493. The lowest BCUT2D eigenvalue weighted by atomic mass is 9.79. The van der Waals surface area contributed by atoms with E-state index in [0.29, 0.717) is 15.3 Å². The van der Waals surface area contributed by atoms with Gasteiger partial charge in [-0.1, -0.05) is 30.3 Å². The molecule has 0 radical (unpaired) electrons. The molecule has 0 fully saturated rings. The molecule has 3 nitrogen and oxygen atoms in total. The molecule has 0 saturated carbocycles. The van der Waals surface area contributed by atoms with Gasteiger partial charge >= 0.3 is 7.12 Å². The van der Waals surface area contributed by atoms with Crippen LogP contribution < -0.4 is 5.46 Å². The molecule has 90 valence electrons. The fraction of sp³-hybridized carbons (Fsp3) is 0. The predicted octanol–water partition coefficient (Wildman–Crippen LogP) is 0.481. The topological polar surface area (TPSA) is 57.5 Å². The monoisotopic (exact) mass is 258 g/mol. The van der Waals surface area contributed by atoms with Crippen LogP contribution in [0.3, 0.4) is 0 Å². The van der Waals surface area contributed by atoms with E-state index in [-0.39, 0.29) is 0 Å². The number of benzene rings is 2. The highest BCUT2D eigenvalue weighted by Crippen LogP contribution is 2.42. The van der Waals surface area contributed by atoms with Gasteiger partial charge in [0.15, 0.2) is 0 Å². The summed E-state index contributed by atoms with van der Waals surface area (Å²) in [6, 6.07) is 12.3. The minimum atomic E-state index is -2.47. The van der Waals surface area contributed by atoms with Crippen LogP contribution in [0.1, 0.15) is 0 Å². The fourth-order valence-electron chi connectivity index (χ4n) is 2.30. The van der Waals surface area contributed by atoms with Crippen molar-refractivity contribution in [1.82, 2.24) is 0 Å². The van der Waals surface area contributed by atoms with Gasteiger partial charge < -0.3 is 10.0 Å². The van der Waals surface area contributed by atoms with Gasteiger partial charge in [0, 0.05) is 19.3 Å². The van der Waals surface area contributed by atoms with Crippen LogP contribution in [-0.2, 0) is 9.52 Å². The van der Waals surface area contributed by atoms with E-state index in [1.54, 1.807) is 24.3 Å². The van der Waals surface area contributed by atoms with Crippen molar-refractivity contribution in [2.24, 2.45) is 0 Å². The van der Waals surface area contributed by atoms with Gasteiger partial charge in [-0.3, -0.25) is 4.21 Å². The molecule has 1 atom stereocenters. The summed E-state index contributed by atoms with van der Waals surface area (Å²) in [7, 11) is -3.99. The molecule has 0 saturated heterocycles. The lowest BCUT2D eigenvalue weighted by Gasteiger charge is -2.05. The third-order valence-electron chi connectivity index (χ3n) is 3.19. The zero-order valence-corrected chi connectivity index (χ0v) is 10.4. The van der Waals surface area contributed by atoms with Crippen LogP contribution in [-0.4, -0.2) is 27.2 Å². The summed E-state index contributed by atoms with van der Waals surface area (Å²) in [4.78, 5) is 1.37. The molecule has 0 amide bonds. The smallest absolute Gasteiger partial charge is 0.423 e. The molecule has 2 N–H and O–H groups in total. The highest BCUT2D eigenvalue weighted by atomic mass is 32.2. The maximum Gasteiger partial charge on any atom is 0.488 e. The highest BCUT2D eigenvalue weighted by Gasteiger charge is 2.28. The third-order valence-corrected chi connectivity index (χ3v) is 5.32. The van der Waals surface area contributed by atoms with Gasteiger partial charge in [0.25, 0.3) is 0 Å². The summed E-state index contributed by atoms with van der Waals surface area (Å²) in [6.07, 6.45) is 0. The van der Waals surface area contributed by atoms with Gasteiger partial charge in [0.1, 0.15) is 0 Å². The van der Waals surface area contributed by atoms with Crippen LogP contribution in [0.5, 0.6) is 0 Å². The van der Waals surface area contributed by atoms with E-state index >= 15 is 0 Å². The second kappa shape index (κ2) is 3.72. The summed E-state index contributed by atoms with van der Waals surface area (Å²) < 4.78 is 12.7. The number of rotatable bonds is 1. The van der Waals surface area contributed by atoms with Crippen molar-refractivity contribution in [3.05, 3.63) is 42.5 Å². The second-order valence-corrected chi connectivity index (χ2v) is 6.53. The largest absolute Gasteiger partial charge is 0.488 e. The Balaban J connectivity index is 2.37. The molecule has 0 spiro atoms. The Labute approximate surface area is 106 Å². The Morgan fingerprint density at radius 3 is 2.39 bits per heavy atom. The molecule has 2 aromatic rings. The molecule has 1 aliphatic heterocycles. The van der Waals surface area contributed by atoms with Crippen LogP contribution in [0.2, 0.25) is 0 Å². The summed E-state index contributed by atoms with van der Waals surface area (Å²) in [5.74, 6) is 3.83. The van der Waals surface area contributed by atoms with Crippen molar-refractivity contribution >= 4 is 28.0 Å². The Bertz CT molecular complexity index is 736. The summed E-state index contributed by atoms with van der Waals surface area (Å²) in [5.41, 5.74) is 2.02. The van der Waals surface area contributed by atoms with Crippen molar-refractivity contribution in [3.63, 3.8) is 0 Å². The van der Waals surface area contributed by atoms with E-state index in [0.717, 1.165) is 11.1 Å². The molecule has 18 heavy (non-hydrogen) atoms. The van der Waals surface area contributed by atoms with Gasteiger partial charge in [-0.05, 0) is 34.6 Å². The molecule has 3 rings (SSSR count). The van der Waals surface area contributed by atoms with Gasteiger partial charge in [-0.15, -0.1) is 0 Å². The third kappa shape index (κ3) is 1.45. The Morgan fingerprint density at radius 2 is 1.67 bits per heavy atom. The maximum atomic E-state index is 12.7. The van der Waals surface area contributed by atoms with Crippen LogP contribution in [0.4, 0.5) is 0 Å². The summed E-state index contributed by atoms with van der Waals surface area (Å²) >= 11 is 0. The zero-order chi connectivity index (χ0) is 12.9. The predicted molar refractivity (Wildman–Crippen MR) is 73.5 cm³/mol. The molecule has 5 heteroatoms. The summed E-state index contributed by atoms with van der Waals surface area (Å²) in [6.45, 7) is 0. The Morgan fingerprint density at radius 1 is 1.00 bits per heavy atom. The maximum absolute atomic E-state index is 12.7. The van der Waals surface area contributed by atoms with Gasteiger partial charge in [-0.25, -0.2) is 0 Å². The SMILES string of the molecule is C=S1(=O)c2ccccc2-c2cc(B(O)O)ccc21. The first-order valence-corrected chi connectivity index (χ1v) is 7.21. The van der Waals surface area contributed by atoms with E-state index in [2.05, 4.69) is 5.87 Å². The van der Waals surface area contributed by atoms with E-state index in [4.69, 9.17) is 0 Å². The normalized spacial score (nSPS) is 20.3. The molecule has 0 bridgehead atoms. The van der Waals surface area contributed by atoms with Crippen LogP contribution in [0, 0.1) is 0 Å². The first-order valence-electron chi connectivity index (χ1n) is 5.48. The average Bonchev–Trinajstić information content (AvgIpc) is 2.59. The molecule has 0 aromatic heterocycles. The van der Waals surface area contributed by atoms with E-state index < -0.39 is 16.6 Å². The first kappa shape index (κ1) is 11.5. The van der Waals surface area contributed by atoms with Crippen LogP contribution in [0.15, 0.2) is 52.3 Å². The Kier molecular flexibility index (Phi) is 2.38. The lowest BCUT2D eigenvalue weighted by molar-refractivity contribution is 0.426. The highest BCUT2D eigenvalue weighted by molar-refractivity contribution is 8.01. The van der Waals surface area contributed by atoms with Gasteiger partial charge in [-0.2, -0.15) is 0 Å². The summed E-state index contributed by atoms with van der Waals surface area (Å²) in [5, 5.41) is 18.4. The lowest BCUT2D eigenvalue weighted by Crippen LogP contribution is -2.29. The van der Waals surface area contributed by atoms with Crippen molar-refractivity contribution in [2.75, 3.05) is 0 Å². The van der Waals surface area contributed by atoms with Crippen molar-refractivity contribution in [1.29, 1.82) is 0 Å². The van der Waals surface area contributed by atoms with E-state index in [1.165, 1.54) is 0 Å². The van der Waals surface area contributed by atoms with Crippen LogP contribution >= 0.6 is 0 Å². The average molecular weight is 258 g/mol. The van der Waals surface area contributed by atoms with E-state index in [9.17, 15) is 14.3 Å². The standard InChI is InChI=1S/C13H11BO3S/c1-18(17)12-5-3-2-4-10(12)11-8-9(14(15)16)6-7-13(11)18/h2-8,15-16H,1H2. The van der Waals surface area contributed by atoms with Crippen molar-refractivity contribution < 1.29 is 14.3 Å². The van der Waals surface area contributed by atoms with Crippen LogP contribution in [0.25, 0.3) is 11.1 Å². The number of hydrogen-bond acceptors (Lipinski definition) is 3. The molecule has 1 unspecified atom stereocenters. The molecule has 2 aromatic carbocycles. The second-order valence-electron chi connectivity index (χ2n) is 4.30. The molecule has 1 aliphatic rings. The van der Waals surface area contributed by atoms with Crippen molar-refractivity contribution in [3.8, 4) is 11.1 Å². The van der Waals surface area contributed by atoms with Gasteiger partial charge in [0.05, 0.1) is 0 Å². The molecule has 0 aliphatic carbocycles. The Hall–Kier alpha value is -1.56. The minimum Gasteiger partial charge on any atom is -0.423 e. The number of hydrogen-bond donors (Lipinski definition) is 2. The first-order chi connectivity index (χ1) is 8.51. The minimum absolute atomic E-state index is 0.389. The fourth-order valence-corrected chi connectivity index (χ4v) is 4.18. The van der Waals surface area contributed by atoms with E-state index in [1.807, 2.05) is 18.2 Å². The zero-order valence-electron chi connectivity index (χ0n) is 9.54.